The second kappa shape index (κ2) is 9.89. The van der Waals surface area contributed by atoms with Crippen LogP contribution in [0, 0.1) is 0 Å². The highest BCUT2D eigenvalue weighted by Gasteiger charge is 2.11. The number of hydrogen-bond donors (Lipinski definition) is 0. The summed E-state index contributed by atoms with van der Waals surface area (Å²) >= 11 is 5.07. The minimum atomic E-state index is -0.0155. The molecule has 0 unspecified atom stereocenters. The third-order valence-electron chi connectivity index (χ3n) is 4.27. The number of ether oxygens (including phenoxy) is 1. The third-order valence-corrected chi connectivity index (χ3v) is 6.45. The molecule has 0 atom stereocenters. The van der Waals surface area contributed by atoms with Gasteiger partial charge in [0, 0.05) is 9.35 Å². The minimum absolute atomic E-state index is 0.0155. The Labute approximate surface area is 178 Å². The molecule has 3 nitrogen and oxygen atoms in total. The van der Waals surface area contributed by atoms with Crippen LogP contribution in [0.15, 0.2) is 57.4 Å². The molecule has 0 spiro atoms. The quantitative estimate of drug-likeness (QED) is 0.253. The first-order chi connectivity index (χ1) is 13.6. The van der Waals surface area contributed by atoms with Gasteiger partial charge < -0.3 is 9.15 Å². The zero-order valence-corrected chi connectivity index (χ0v) is 18.4. The molecule has 5 heteroatoms. The van der Waals surface area contributed by atoms with Crippen LogP contribution in [-0.4, -0.2) is 5.78 Å². The molecule has 0 aliphatic carbocycles. The predicted octanol–water partition coefficient (Wildman–Crippen LogP) is 7.09. The molecule has 0 aliphatic heterocycles. The van der Waals surface area contributed by atoms with Crippen LogP contribution < -0.4 is 4.74 Å². The average Bonchev–Trinajstić information content (AvgIpc) is 3.32. The number of halogens is 1. The number of benzene rings is 1. The van der Waals surface area contributed by atoms with E-state index in [2.05, 4.69) is 41.9 Å². The van der Waals surface area contributed by atoms with Gasteiger partial charge in [0.25, 0.3) is 0 Å². The second-order valence-electron chi connectivity index (χ2n) is 6.42. The lowest BCUT2D eigenvalue weighted by Gasteiger charge is -2.04. The van der Waals surface area contributed by atoms with E-state index in [9.17, 15) is 4.79 Å². The molecule has 3 rings (SSSR count). The molecule has 0 aliphatic rings. The molecular formula is C23H23BrO3S. The maximum Gasteiger partial charge on any atom is 0.195 e. The van der Waals surface area contributed by atoms with E-state index in [0.29, 0.717) is 12.4 Å². The number of hydrogen-bond acceptors (Lipinski definition) is 4. The van der Waals surface area contributed by atoms with Crippen molar-refractivity contribution in [1.82, 2.24) is 0 Å². The van der Waals surface area contributed by atoms with Gasteiger partial charge in [-0.2, -0.15) is 0 Å². The lowest BCUT2D eigenvalue weighted by molar-refractivity contribution is 0.105. The van der Waals surface area contributed by atoms with Crippen LogP contribution in [0.2, 0.25) is 0 Å². The highest BCUT2D eigenvalue weighted by atomic mass is 79.9. The molecule has 0 radical (unpaired) electrons. The second-order valence-corrected chi connectivity index (χ2v) is 8.41. The van der Waals surface area contributed by atoms with Crippen LogP contribution in [0.1, 0.15) is 51.9 Å². The Morgan fingerprint density at radius 3 is 2.68 bits per heavy atom. The van der Waals surface area contributed by atoms with E-state index in [1.807, 2.05) is 30.3 Å². The summed E-state index contributed by atoms with van der Waals surface area (Å²) < 4.78 is 12.5. The molecule has 0 saturated carbocycles. The largest absolute Gasteiger partial charge is 0.486 e. The van der Waals surface area contributed by atoms with E-state index in [1.165, 1.54) is 10.4 Å². The number of ketones is 1. The summed E-state index contributed by atoms with van der Waals surface area (Å²) in [6.07, 6.45) is 6.30. The van der Waals surface area contributed by atoms with Crippen molar-refractivity contribution < 1.29 is 13.9 Å². The van der Waals surface area contributed by atoms with Crippen LogP contribution in [0.4, 0.5) is 0 Å². The molecule has 146 valence electrons. The first kappa shape index (κ1) is 20.6. The summed E-state index contributed by atoms with van der Waals surface area (Å²) in [5.74, 6) is 2.15. The predicted molar refractivity (Wildman–Crippen MR) is 118 cm³/mol. The van der Waals surface area contributed by atoms with Crippen molar-refractivity contribution in [2.45, 2.75) is 39.7 Å². The lowest BCUT2D eigenvalue weighted by atomic mass is 10.2. The van der Waals surface area contributed by atoms with Crippen molar-refractivity contribution in [3.63, 3.8) is 0 Å². The Bertz CT molecular complexity index is 951. The zero-order valence-electron chi connectivity index (χ0n) is 16.0. The highest BCUT2D eigenvalue weighted by molar-refractivity contribution is 9.10. The van der Waals surface area contributed by atoms with Crippen LogP contribution in [0.3, 0.4) is 0 Å². The van der Waals surface area contributed by atoms with E-state index in [0.717, 1.165) is 40.1 Å². The van der Waals surface area contributed by atoms with Crippen molar-refractivity contribution in [1.29, 1.82) is 0 Å². The highest BCUT2D eigenvalue weighted by Crippen LogP contribution is 2.29. The Morgan fingerprint density at radius 2 is 1.96 bits per heavy atom. The van der Waals surface area contributed by atoms with Crippen LogP contribution >= 0.6 is 27.3 Å². The molecular weight excluding hydrogens is 436 g/mol. The summed E-state index contributed by atoms with van der Waals surface area (Å²) in [7, 11) is 0. The number of rotatable bonds is 9. The fourth-order valence-electron chi connectivity index (χ4n) is 2.70. The van der Waals surface area contributed by atoms with Crippen molar-refractivity contribution in [3.05, 3.63) is 79.9 Å². The molecule has 2 heterocycles. The van der Waals surface area contributed by atoms with E-state index in [-0.39, 0.29) is 5.78 Å². The molecule has 0 fully saturated rings. The minimum Gasteiger partial charge on any atom is -0.486 e. The van der Waals surface area contributed by atoms with Crippen molar-refractivity contribution >= 4 is 39.1 Å². The first-order valence-corrected chi connectivity index (χ1v) is 11.0. The number of carbonyl (C=O) groups is 1. The SMILES string of the molecule is CCCc1sc(C(=O)/C=C/c2ccc(COc3ccc(CC)cc3)o2)cc1Br. The number of furan rings is 1. The smallest absolute Gasteiger partial charge is 0.195 e. The van der Waals surface area contributed by atoms with Gasteiger partial charge >= 0.3 is 0 Å². The molecule has 3 aromatic rings. The van der Waals surface area contributed by atoms with Gasteiger partial charge in [0.1, 0.15) is 23.9 Å². The maximum atomic E-state index is 12.4. The lowest BCUT2D eigenvalue weighted by Crippen LogP contribution is -1.93. The van der Waals surface area contributed by atoms with Gasteiger partial charge in [-0.25, -0.2) is 0 Å². The van der Waals surface area contributed by atoms with Gasteiger partial charge in [0.15, 0.2) is 5.78 Å². The van der Waals surface area contributed by atoms with Crippen molar-refractivity contribution in [2.75, 3.05) is 0 Å². The number of thiophene rings is 1. The Balaban J connectivity index is 1.57. The maximum absolute atomic E-state index is 12.4. The molecule has 1 aromatic carbocycles. The van der Waals surface area contributed by atoms with Crippen molar-refractivity contribution in [3.8, 4) is 5.75 Å². The van der Waals surface area contributed by atoms with Gasteiger partial charge in [-0.15, -0.1) is 11.3 Å². The molecule has 0 bridgehead atoms. The van der Waals surface area contributed by atoms with Gasteiger partial charge in [-0.3, -0.25) is 4.79 Å². The Kier molecular flexibility index (Phi) is 7.29. The van der Waals surface area contributed by atoms with Gasteiger partial charge in [0.2, 0.25) is 0 Å². The summed E-state index contributed by atoms with van der Waals surface area (Å²) in [4.78, 5) is 14.3. The standard InChI is InChI=1S/C23H23BrO3S/c1-3-5-22-20(24)14-23(28-22)21(25)13-12-18-10-11-19(27-18)15-26-17-8-6-16(4-2)7-9-17/h6-14H,3-5,15H2,1-2H3/b13-12+. The van der Waals surface area contributed by atoms with E-state index in [1.54, 1.807) is 23.5 Å². The van der Waals surface area contributed by atoms with Crippen LogP contribution in [-0.2, 0) is 19.4 Å². The van der Waals surface area contributed by atoms with Crippen molar-refractivity contribution in [2.24, 2.45) is 0 Å². The molecule has 0 saturated heterocycles. The van der Waals surface area contributed by atoms with Gasteiger partial charge in [0.05, 0.1) is 4.88 Å². The molecule has 0 amide bonds. The molecule has 0 N–H and O–H groups in total. The molecule has 2 aromatic heterocycles. The topological polar surface area (TPSA) is 39.4 Å². The number of allylic oxidation sites excluding steroid dienone is 1. The monoisotopic (exact) mass is 458 g/mol. The summed E-state index contributed by atoms with van der Waals surface area (Å²) in [6, 6.07) is 13.7. The summed E-state index contributed by atoms with van der Waals surface area (Å²) in [5.41, 5.74) is 1.28. The fraction of sp³-hybridized carbons (Fsp3) is 0.261. The van der Waals surface area contributed by atoms with Crippen LogP contribution in [0.25, 0.3) is 6.08 Å². The number of aryl methyl sites for hydroxylation is 2. The summed E-state index contributed by atoms with van der Waals surface area (Å²) in [5, 5.41) is 0. The van der Waals surface area contributed by atoms with E-state index in [4.69, 9.17) is 9.15 Å². The molecule has 28 heavy (non-hydrogen) atoms. The number of carbonyl (C=O) groups excluding carboxylic acids is 1. The van der Waals surface area contributed by atoms with Gasteiger partial charge in [-0.1, -0.05) is 32.4 Å². The summed E-state index contributed by atoms with van der Waals surface area (Å²) in [6.45, 7) is 4.61. The third kappa shape index (κ3) is 5.46. The van der Waals surface area contributed by atoms with E-state index < -0.39 is 0 Å². The zero-order chi connectivity index (χ0) is 19.9. The Morgan fingerprint density at radius 1 is 1.18 bits per heavy atom. The van der Waals surface area contributed by atoms with Gasteiger partial charge in [-0.05, 0) is 76.8 Å². The fourth-order valence-corrected chi connectivity index (χ4v) is 4.60. The average molecular weight is 459 g/mol. The first-order valence-electron chi connectivity index (χ1n) is 9.40. The van der Waals surface area contributed by atoms with E-state index >= 15 is 0 Å². The normalized spacial score (nSPS) is 11.2. The van der Waals surface area contributed by atoms with Crippen LogP contribution in [0.5, 0.6) is 5.75 Å². The Hall–Kier alpha value is -2.11.